The summed E-state index contributed by atoms with van der Waals surface area (Å²) in [6.07, 6.45) is 3.99. The second kappa shape index (κ2) is 9.66. The van der Waals surface area contributed by atoms with Gasteiger partial charge >= 0.3 is 0 Å². The normalized spacial score (nSPS) is 20.9. The van der Waals surface area contributed by atoms with Crippen LogP contribution < -0.4 is 10.6 Å². The Morgan fingerprint density at radius 3 is 2.42 bits per heavy atom. The van der Waals surface area contributed by atoms with Crippen LogP contribution in [0.25, 0.3) is 11.2 Å². The highest BCUT2D eigenvalue weighted by Crippen LogP contribution is 2.29. The maximum atomic E-state index is 11.1. The third-order valence-electron chi connectivity index (χ3n) is 5.89. The number of aromatic nitrogens is 4. The molecule has 174 valence electrons. The van der Waals surface area contributed by atoms with Crippen molar-refractivity contribution in [2.75, 3.05) is 24.3 Å². The van der Waals surface area contributed by atoms with Crippen LogP contribution >= 0.6 is 0 Å². The molecule has 0 aromatic carbocycles. The van der Waals surface area contributed by atoms with Crippen LogP contribution in [0, 0.1) is 0 Å². The number of anilines is 2. The monoisotopic (exact) mass is 454 g/mol. The average molecular weight is 455 g/mol. The molecule has 0 aliphatic heterocycles. The number of nitrogens with one attached hydrogen (secondary N) is 2. The summed E-state index contributed by atoms with van der Waals surface area (Å²) in [6, 6.07) is 0.254. The van der Waals surface area contributed by atoms with Crippen LogP contribution in [-0.4, -0.2) is 63.5 Å². The maximum absolute atomic E-state index is 11.1. The average Bonchev–Trinajstić information content (AvgIpc) is 3.05. The lowest BCUT2D eigenvalue weighted by molar-refractivity contribution is 0.0250. The number of fused-ring (bicyclic) bond motifs is 1. The van der Waals surface area contributed by atoms with E-state index < -0.39 is 15.4 Å². The number of aryl methyl sites for hydroxylation is 1. The topological polar surface area (TPSA) is 131 Å². The zero-order chi connectivity index (χ0) is 22.8. The Kier molecular flexibility index (Phi) is 7.38. The van der Waals surface area contributed by atoms with E-state index in [2.05, 4.69) is 34.4 Å². The molecule has 2 aromatic heterocycles. The summed E-state index contributed by atoms with van der Waals surface area (Å²) in [4.78, 5) is 14.0. The van der Waals surface area contributed by atoms with Crippen molar-refractivity contribution in [3.05, 3.63) is 5.82 Å². The van der Waals surface area contributed by atoms with Crippen LogP contribution in [-0.2, 0) is 21.9 Å². The first kappa shape index (κ1) is 23.7. The Hall–Kier alpha value is -1.98. The van der Waals surface area contributed by atoms with Crippen molar-refractivity contribution in [3.63, 3.8) is 0 Å². The van der Waals surface area contributed by atoms with Gasteiger partial charge in [-0.15, -0.1) is 0 Å². The van der Waals surface area contributed by atoms with E-state index >= 15 is 0 Å². The number of hydrogen-bond acceptors (Lipinski definition) is 8. The van der Waals surface area contributed by atoms with Gasteiger partial charge in [0.15, 0.2) is 17.0 Å². The Labute approximate surface area is 184 Å². The molecule has 2 aromatic rings. The van der Waals surface area contributed by atoms with Crippen molar-refractivity contribution in [2.45, 2.75) is 76.2 Å². The molecule has 11 heteroatoms. The van der Waals surface area contributed by atoms with Crippen molar-refractivity contribution in [3.8, 4) is 0 Å². The summed E-state index contributed by atoms with van der Waals surface area (Å²) < 4.78 is 39.1. The Morgan fingerprint density at radius 1 is 1.16 bits per heavy atom. The van der Waals surface area contributed by atoms with Gasteiger partial charge in [-0.05, 0) is 39.0 Å². The second-order valence-electron chi connectivity index (χ2n) is 8.60. The van der Waals surface area contributed by atoms with Gasteiger partial charge in [-0.2, -0.15) is 18.4 Å². The lowest BCUT2D eigenvalue weighted by atomic mass is 9.93. The van der Waals surface area contributed by atoms with Gasteiger partial charge < -0.3 is 19.9 Å². The van der Waals surface area contributed by atoms with Gasteiger partial charge in [0.2, 0.25) is 5.95 Å². The molecule has 1 fully saturated rings. The van der Waals surface area contributed by atoms with Gasteiger partial charge in [-0.1, -0.05) is 13.8 Å². The number of nitrogens with zero attached hydrogens (tertiary/aromatic N) is 4. The summed E-state index contributed by atoms with van der Waals surface area (Å²) in [7, 11) is -0.214. The minimum Gasteiger partial charge on any atom is -0.378 e. The molecule has 0 spiro atoms. The molecule has 1 unspecified atom stereocenters. The first-order chi connectivity index (χ1) is 14.6. The molecular formula is C20H34N6O4S. The first-order valence-corrected chi connectivity index (χ1v) is 12.4. The number of imidazole rings is 1. The molecule has 1 aliphatic rings. The molecule has 1 aliphatic carbocycles. The molecule has 2 heterocycles. The van der Waals surface area contributed by atoms with E-state index in [1.165, 1.54) is 6.92 Å². The zero-order valence-electron chi connectivity index (χ0n) is 18.9. The van der Waals surface area contributed by atoms with Gasteiger partial charge in [0.05, 0.1) is 11.4 Å². The molecule has 31 heavy (non-hydrogen) atoms. The van der Waals surface area contributed by atoms with Gasteiger partial charge in [-0.3, -0.25) is 4.55 Å². The fourth-order valence-electron chi connectivity index (χ4n) is 3.92. The molecule has 0 radical (unpaired) electrons. The minimum absolute atomic E-state index is 0.104. The molecule has 0 amide bonds. The molecule has 0 bridgehead atoms. The van der Waals surface area contributed by atoms with E-state index in [1.54, 1.807) is 7.05 Å². The molecule has 1 saturated carbocycles. The van der Waals surface area contributed by atoms with Crippen LogP contribution in [0.15, 0.2) is 0 Å². The van der Waals surface area contributed by atoms with E-state index in [0.717, 1.165) is 48.5 Å². The number of rotatable bonds is 9. The third-order valence-corrected chi connectivity index (χ3v) is 7.15. The van der Waals surface area contributed by atoms with Gasteiger partial charge in [0, 0.05) is 32.7 Å². The zero-order valence-corrected chi connectivity index (χ0v) is 19.7. The number of ether oxygens (including phenoxy) is 1. The second-order valence-corrected chi connectivity index (χ2v) is 10.4. The highest BCUT2D eigenvalue weighted by molar-refractivity contribution is 7.86. The van der Waals surface area contributed by atoms with E-state index in [-0.39, 0.29) is 18.1 Å². The molecule has 1 atom stereocenters. The molecule has 3 rings (SSSR count). The standard InChI is InChI=1S/C20H34N6O4S/c1-12(2)18-23-16-17(24-20(21-4)25-19(16)26(18)5)22-14-6-8-15(9-7-14)30-11-10-13(3)31(27,28)29/h12-15H,6-11H2,1-5H3,(H,27,28,29)(H2,21,22,24,25). The smallest absolute Gasteiger partial charge is 0.267 e. The summed E-state index contributed by atoms with van der Waals surface area (Å²) in [6.45, 7) is 6.04. The predicted octanol–water partition coefficient (Wildman–Crippen LogP) is 2.93. The van der Waals surface area contributed by atoms with Crippen LogP contribution in [0.5, 0.6) is 0 Å². The largest absolute Gasteiger partial charge is 0.378 e. The van der Waals surface area contributed by atoms with E-state index in [1.807, 2.05) is 11.6 Å². The van der Waals surface area contributed by atoms with Gasteiger partial charge in [0.1, 0.15) is 5.82 Å². The summed E-state index contributed by atoms with van der Waals surface area (Å²) in [5, 5.41) is 5.78. The Morgan fingerprint density at radius 2 is 1.84 bits per heavy atom. The summed E-state index contributed by atoms with van der Waals surface area (Å²) >= 11 is 0. The van der Waals surface area contributed by atoms with E-state index in [0.29, 0.717) is 19.0 Å². The summed E-state index contributed by atoms with van der Waals surface area (Å²) in [5.74, 6) is 2.54. The number of hydrogen-bond donors (Lipinski definition) is 3. The van der Waals surface area contributed by atoms with Crippen LogP contribution in [0.2, 0.25) is 0 Å². The van der Waals surface area contributed by atoms with Crippen molar-refractivity contribution in [1.29, 1.82) is 0 Å². The van der Waals surface area contributed by atoms with E-state index in [9.17, 15) is 8.42 Å². The van der Waals surface area contributed by atoms with Crippen molar-refractivity contribution >= 4 is 33.0 Å². The van der Waals surface area contributed by atoms with E-state index in [4.69, 9.17) is 14.3 Å². The van der Waals surface area contributed by atoms with Crippen molar-refractivity contribution in [1.82, 2.24) is 19.5 Å². The highest BCUT2D eigenvalue weighted by atomic mass is 32.2. The lowest BCUT2D eigenvalue weighted by Crippen LogP contribution is -2.31. The molecule has 10 nitrogen and oxygen atoms in total. The van der Waals surface area contributed by atoms with Gasteiger partial charge in [0.25, 0.3) is 10.1 Å². The highest BCUT2D eigenvalue weighted by Gasteiger charge is 2.25. The van der Waals surface area contributed by atoms with Crippen LogP contribution in [0.3, 0.4) is 0 Å². The fourth-order valence-corrected chi connectivity index (χ4v) is 4.32. The summed E-state index contributed by atoms with van der Waals surface area (Å²) in [5.41, 5.74) is 1.58. The Bertz CT molecular complexity index is 999. The minimum atomic E-state index is -3.99. The lowest BCUT2D eigenvalue weighted by Gasteiger charge is -2.29. The molecular weight excluding hydrogens is 420 g/mol. The fraction of sp³-hybridized carbons (Fsp3) is 0.750. The quantitative estimate of drug-likeness (QED) is 0.489. The molecule has 0 saturated heterocycles. The van der Waals surface area contributed by atoms with Crippen molar-refractivity contribution in [2.24, 2.45) is 7.05 Å². The molecule has 3 N–H and O–H groups in total. The predicted molar refractivity (Wildman–Crippen MR) is 121 cm³/mol. The Balaban J connectivity index is 1.62. The van der Waals surface area contributed by atoms with Crippen molar-refractivity contribution < 1.29 is 17.7 Å². The maximum Gasteiger partial charge on any atom is 0.267 e. The van der Waals surface area contributed by atoms with Crippen LogP contribution in [0.1, 0.15) is 64.6 Å². The third kappa shape index (κ3) is 5.64. The van der Waals surface area contributed by atoms with Gasteiger partial charge in [-0.25, -0.2) is 4.98 Å². The SMILES string of the molecule is CNc1nc(NC2CCC(OCCC(C)S(=O)(=O)O)CC2)c2nc(C(C)C)n(C)c2n1. The first-order valence-electron chi connectivity index (χ1n) is 10.9. The van der Waals surface area contributed by atoms with Crippen LogP contribution in [0.4, 0.5) is 11.8 Å².